The first kappa shape index (κ1) is 21.6. The fourth-order valence-electron chi connectivity index (χ4n) is 1.31. The molecule has 7 nitrogen and oxygen atoms in total. The standard InChI is InChI=1S/C11H27NO6P2S/c1-10(2)17-19(13,18-11(3)4)12(5)8-9-21-20(14,15-6)16-7/h10-11H,8-9H2,1-7H3. The zero-order chi connectivity index (χ0) is 16.7. The zero-order valence-electron chi connectivity index (χ0n) is 13.8. The first-order valence-electron chi connectivity index (χ1n) is 6.63. The predicted molar refractivity (Wildman–Crippen MR) is 86.8 cm³/mol. The highest BCUT2D eigenvalue weighted by Gasteiger charge is 2.33. The van der Waals surface area contributed by atoms with Gasteiger partial charge < -0.3 is 9.05 Å². The lowest BCUT2D eigenvalue weighted by Gasteiger charge is -2.29. The Balaban J connectivity index is 4.65. The Morgan fingerprint density at radius 3 is 1.76 bits per heavy atom. The minimum atomic E-state index is -3.37. The first-order valence-corrected chi connectivity index (χ1v) is 11.3. The van der Waals surface area contributed by atoms with Gasteiger partial charge in [0.15, 0.2) is 0 Å². The van der Waals surface area contributed by atoms with Gasteiger partial charge in [-0.05, 0) is 46.1 Å². The smallest absolute Gasteiger partial charge is 0.304 e. The lowest BCUT2D eigenvalue weighted by atomic mass is 10.5. The maximum atomic E-state index is 12.8. The molecule has 0 aliphatic carbocycles. The summed E-state index contributed by atoms with van der Waals surface area (Å²) in [7, 11) is 0.935. The zero-order valence-corrected chi connectivity index (χ0v) is 16.4. The molecule has 128 valence electrons. The van der Waals surface area contributed by atoms with Gasteiger partial charge in [0.2, 0.25) is 0 Å². The summed E-state index contributed by atoms with van der Waals surface area (Å²) < 4.78 is 46.8. The molecule has 0 rings (SSSR count). The fraction of sp³-hybridized carbons (Fsp3) is 1.00. The third-order valence-corrected chi connectivity index (χ3v) is 8.60. The van der Waals surface area contributed by atoms with Crippen LogP contribution in [-0.2, 0) is 27.2 Å². The van der Waals surface area contributed by atoms with Gasteiger partial charge in [-0.1, -0.05) is 0 Å². The van der Waals surface area contributed by atoms with Gasteiger partial charge >= 0.3 is 14.5 Å². The Morgan fingerprint density at radius 2 is 1.43 bits per heavy atom. The minimum absolute atomic E-state index is 0.228. The van der Waals surface area contributed by atoms with Crippen molar-refractivity contribution >= 4 is 25.9 Å². The van der Waals surface area contributed by atoms with Gasteiger partial charge in [-0.15, -0.1) is 0 Å². The molecule has 0 spiro atoms. The van der Waals surface area contributed by atoms with Gasteiger partial charge in [-0.25, -0.2) is 13.8 Å². The Kier molecular flexibility index (Phi) is 9.96. The highest BCUT2D eigenvalue weighted by atomic mass is 32.7. The third-order valence-electron chi connectivity index (χ3n) is 2.22. The average molecular weight is 363 g/mol. The molecule has 0 heterocycles. The van der Waals surface area contributed by atoms with E-state index in [0.717, 1.165) is 11.4 Å². The van der Waals surface area contributed by atoms with Crippen LogP contribution in [0.2, 0.25) is 0 Å². The molecule has 0 bridgehead atoms. The van der Waals surface area contributed by atoms with Crippen LogP contribution in [0.15, 0.2) is 0 Å². The number of hydrogen-bond acceptors (Lipinski definition) is 7. The van der Waals surface area contributed by atoms with Crippen LogP contribution in [0.1, 0.15) is 27.7 Å². The predicted octanol–water partition coefficient (Wildman–Crippen LogP) is 4.01. The molecular formula is C11H27NO6P2S. The van der Waals surface area contributed by atoms with E-state index in [0.29, 0.717) is 12.3 Å². The van der Waals surface area contributed by atoms with E-state index in [1.54, 1.807) is 34.7 Å². The van der Waals surface area contributed by atoms with E-state index in [-0.39, 0.29) is 12.2 Å². The first-order chi connectivity index (χ1) is 9.58. The summed E-state index contributed by atoms with van der Waals surface area (Å²) >= 11 is 1.04. The van der Waals surface area contributed by atoms with Crippen molar-refractivity contribution in [2.75, 3.05) is 33.6 Å². The van der Waals surface area contributed by atoms with Crippen molar-refractivity contribution in [3.05, 3.63) is 0 Å². The van der Waals surface area contributed by atoms with Crippen LogP contribution in [0, 0.1) is 0 Å². The minimum Gasteiger partial charge on any atom is -0.304 e. The van der Waals surface area contributed by atoms with Crippen molar-refractivity contribution in [2.45, 2.75) is 39.9 Å². The molecular weight excluding hydrogens is 336 g/mol. The summed E-state index contributed by atoms with van der Waals surface area (Å²) in [5, 5.41) is 0. The van der Waals surface area contributed by atoms with E-state index in [9.17, 15) is 9.13 Å². The fourth-order valence-corrected chi connectivity index (χ4v) is 5.71. The van der Waals surface area contributed by atoms with Crippen molar-refractivity contribution in [2.24, 2.45) is 0 Å². The third kappa shape index (κ3) is 8.14. The molecule has 0 N–H and O–H groups in total. The Labute approximate surface area is 131 Å². The van der Waals surface area contributed by atoms with Crippen LogP contribution >= 0.6 is 25.9 Å². The van der Waals surface area contributed by atoms with E-state index < -0.39 is 14.5 Å². The van der Waals surface area contributed by atoms with Gasteiger partial charge in [-0.3, -0.25) is 9.05 Å². The lowest BCUT2D eigenvalue weighted by Crippen LogP contribution is -2.24. The van der Waals surface area contributed by atoms with Gasteiger partial charge in [0.25, 0.3) is 0 Å². The molecule has 0 unspecified atom stereocenters. The molecule has 0 saturated carbocycles. The van der Waals surface area contributed by atoms with Crippen molar-refractivity contribution in [3.8, 4) is 0 Å². The van der Waals surface area contributed by atoms with Gasteiger partial charge in [0, 0.05) is 26.5 Å². The SMILES string of the molecule is COP(=O)(OC)SCCN(C)P(=O)(OC(C)C)OC(C)C. The Bertz CT molecular complexity index is 371. The summed E-state index contributed by atoms with van der Waals surface area (Å²) in [6.45, 7) is 4.41. The monoisotopic (exact) mass is 363 g/mol. The highest BCUT2D eigenvalue weighted by molar-refractivity contribution is 8.55. The van der Waals surface area contributed by atoms with Gasteiger partial charge in [0.1, 0.15) is 0 Å². The van der Waals surface area contributed by atoms with Crippen molar-refractivity contribution in [3.63, 3.8) is 0 Å². The quantitative estimate of drug-likeness (QED) is 0.510. The van der Waals surface area contributed by atoms with Crippen LogP contribution in [-0.4, -0.2) is 50.4 Å². The molecule has 0 fully saturated rings. The molecule has 0 aliphatic rings. The number of nitrogens with zero attached hydrogens (tertiary/aromatic N) is 1. The van der Waals surface area contributed by atoms with Crippen LogP contribution < -0.4 is 0 Å². The topological polar surface area (TPSA) is 74.3 Å². The molecule has 0 radical (unpaired) electrons. The normalized spacial score (nSPS) is 13.6. The summed E-state index contributed by atoms with van der Waals surface area (Å²) in [5.74, 6) is 0.405. The second-order valence-electron chi connectivity index (χ2n) is 4.80. The summed E-state index contributed by atoms with van der Waals surface area (Å²) in [4.78, 5) is 0. The van der Waals surface area contributed by atoms with Crippen LogP contribution in [0.3, 0.4) is 0 Å². The average Bonchev–Trinajstić information content (AvgIpc) is 2.36. The maximum Gasteiger partial charge on any atom is 0.408 e. The van der Waals surface area contributed by atoms with Gasteiger partial charge in [-0.2, -0.15) is 0 Å². The van der Waals surface area contributed by atoms with Crippen molar-refractivity contribution in [1.29, 1.82) is 0 Å². The van der Waals surface area contributed by atoms with E-state index in [1.807, 2.05) is 0 Å². The van der Waals surface area contributed by atoms with Crippen molar-refractivity contribution in [1.82, 2.24) is 4.67 Å². The number of rotatable bonds is 11. The Morgan fingerprint density at radius 1 is 1.00 bits per heavy atom. The van der Waals surface area contributed by atoms with E-state index >= 15 is 0 Å². The van der Waals surface area contributed by atoms with Crippen LogP contribution in [0.25, 0.3) is 0 Å². The lowest BCUT2D eigenvalue weighted by molar-refractivity contribution is 0.113. The van der Waals surface area contributed by atoms with E-state index in [4.69, 9.17) is 18.1 Å². The van der Waals surface area contributed by atoms with E-state index in [1.165, 1.54) is 18.9 Å². The van der Waals surface area contributed by atoms with E-state index in [2.05, 4.69) is 0 Å². The molecule has 0 aromatic heterocycles. The molecule has 0 saturated heterocycles. The summed E-state index contributed by atoms with van der Waals surface area (Å²) in [5.41, 5.74) is 0. The molecule has 0 aromatic rings. The molecule has 0 aliphatic heterocycles. The second-order valence-corrected chi connectivity index (χ2v) is 11.3. The summed E-state index contributed by atoms with van der Waals surface area (Å²) in [6.07, 6.45) is -0.456. The van der Waals surface area contributed by atoms with Crippen molar-refractivity contribution < 1.29 is 27.2 Å². The van der Waals surface area contributed by atoms with Gasteiger partial charge in [0.05, 0.1) is 12.2 Å². The molecule has 0 atom stereocenters. The second kappa shape index (κ2) is 9.68. The largest absolute Gasteiger partial charge is 0.408 e. The molecule has 10 heteroatoms. The molecule has 21 heavy (non-hydrogen) atoms. The molecule has 0 aromatic carbocycles. The summed E-state index contributed by atoms with van der Waals surface area (Å²) in [6, 6.07) is 0. The van der Waals surface area contributed by atoms with Crippen LogP contribution in [0.4, 0.5) is 0 Å². The Hall–Kier alpha value is 0.610. The number of hydrogen-bond donors (Lipinski definition) is 0. The van der Waals surface area contributed by atoms with Crippen LogP contribution in [0.5, 0.6) is 0 Å². The highest BCUT2D eigenvalue weighted by Crippen LogP contribution is 2.60. The maximum absolute atomic E-state index is 12.8. The molecule has 0 amide bonds.